The summed E-state index contributed by atoms with van der Waals surface area (Å²) in [5, 5.41) is 0.211. The molecule has 0 saturated carbocycles. The lowest BCUT2D eigenvalue weighted by atomic mass is 9.81. The molecule has 1 aromatic rings. The average molecular weight is 436 g/mol. The van der Waals surface area contributed by atoms with E-state index in [0.29, 0.717) is 5.69 Å². The largest absolute Gasteiger partial charge is 0.501 e. The molecule has 28 heavy (non-hydrogen) atoms. The van der Waals surface area contributed by atoms with Crippen LogP contribution in [0.2, 0.25) is 0 Å². The highest BCUT2D eigenvalue weighted by Crippen LogP contribution is 2.44. The first-order valence-corrected chi connectivity index (χ1v) is 10.4. The molecule has 0 aromatic heterocycles. The maximum Gasteiger partial charge on any atom is 0.501 e. The number of nitrogens with zero attached hydrogens (tertiary/aromatic N) is 1. The summed E-state index contributed by atoms with van der Waals surface area (Å²) >= 11 is 6.30. The minimum Gasteiger partial charge on any atom is -0.337 e. The summed E-state index contributed by atoms with van der Waals surface area (Å²) in [5.74, 6) is 0.00257. The summed E-state index contributed by atoms with van der Waals surface area (Å²) in [5.41, 5.74) is -6.52. The van der Waals surface area contributed by atoms with E-state index in [0.717, 1.165) is 12.1 Å². The van der Waals surface area contributed by atoms with Crippen molar-refractivity contribution in [2.75, 3.05) is 11.4 Å². The van der Waals surface area contributed by atoms with Crippen molar-refractivity contribution in [3.05, 3.63) is 59.3 Å². The van der Waals surface area contributed by atoms with Crippen molar-refractivity contribution in [2.24, 2.45) is 5.92 Å². The lowest BCUT2D eigenvalue weighted by Crippen LogP contribution is -2.41. The predicted molar refractivity (Wildman–Crippen MR) is 100 cm³/mol. The van der Waals surface area contributed by atoms with Crippen molar-refractivity contribution < 1.29 is 26.0 Å². The Kier molecular flexibility index (Phi) is 5.40. The zero-order valence-corrected chi connectivity index (χ0v) is 16.5. The standard InChI is InChI=1S/C19H18ClF4NO2S/c1-13-4-2-10-18(21,12-13)17-16(20)5-3-11-25(17)14-6-8-15(9-7-14)28(26,27)19(22,23)24/h2-9,13H,10-12H2,1H3. The molecule has 2 unspecified atom stereocenters. The normalized spacial score (nSPS) is 26.1. The Morgan fingerprint density at radius 3 is 2.39 bits per heavy atom. The van der Waals surface area contributed by atoms with Crippen LogP contribution in [-0.2, 0) is 9.84 Å². The number of alkyl halides is 4. The van der Waals surface area contributed by atoms with E-state index in [1.54, 1.807) is 23.1 Å². The van der Waals surface area contributed by atoms with E-state index >= 15 is 4.39 Å². The molecule has 0 bridgehead atoms. The van der Waals surface area contributed by atoms with Crippen molar-refractivity contribution in [1.82, 2.24) is 0 Å². The first-order valence-electron chi connectivity index (χ1n) is 8.57. The molecular formula is C19H18ClF4NO2S. The maximum absolute atomic E-state index is 15.8. The van der Waals surface area contributed by atoms with Crippen LogP contribution in [0.15, 0.2) is 64.2 Å². The molecule has 1 aliphatic heterocycles. The van der Waals surface area contributed by atoms with E-state index in [-0.39, 0.29) is 36.0 Å². The number of hydrogen-bond donors (Lipinski definition) is 0. The second-order valence-corrected chi connectivity index (χ2v) is 9.28. The lowest BCUT2D eigenvalue weighted by molar-refractivity contribution is -0.0436. The molecule has 2 aliphatic rings. The van der Waals surface area contributed by atoms with E-state index in [1.807, 2.05) is 13.0 Å². The van der Waals surface area contributed by atoms with Gasteiger partial charge in [-0.05, 0) is 42.7 Å². The highest BCUT2D eigenvalue weighted by atomic mass is 35.5. The van der Waals surface area contributed by atoms with Crippen LogP contribution in [0, 0.1) is 5.92 Å². The van der Waals surface area contributed by atoms with Crippen LogP contribution in [-0.4, -0.2) is 26.1 Å². The van der Waals surface area contributed by atoms with Gasteiger partial charge in [-0.25, -0.2) is 12.8 Å². The highest BCUT2D eigenvalue weighted by Gasteiger charge is 2.47. The Hall–Kier alpha value is -1.80. The number of hydrogen-bond acceptors (Lipinski definition) is 3. The molecule has 2 atom stereocenters. The van der Waals surface area contributed by atoms with Crippen molar-refractivity contribution >= 4 is 27.1 Å². The second kappa shape index (κ2) is 7.22. The Balaban J connectivity index is 1.99. The third kappa shape index (κ3) is 3.72. The molecule has 9 heteroatoms. The average Bonchev–Trinajstić information content (AvgIpc) is 2.60. The van der Waals surface area contributed by atoms with Gasteiger partial charge in [-0.15, -0.1) is 0 Å². The van der Waals surface area contributed by atoms with Gasteiger partial charge in [0.05, 0.1) is 15.6 Å². The van der Waals surface area contributed by atoms with Crippen molar-refractivity contribution in [3.63, 3.8) is 0 Å². The third-order valence-electron chi connectivity index (χ3n) is 4.79. The SMILES string of the molecule is CC1C=CCC(F)(C2=C(Cl)C=CCN2c2ccc(S(=O)(=O)C(F)(F)F)cc2)C1. The zero-order valence-electron chi connectivity index (χ0n) is 14.9. The Morgan fingerprint density at radius 2 is 1.82 bits per heavy atom. The summed E-state index contributed by atoms with van der Waals surface area (Å²) in [4.78, 5) is 0.704. The molecule has 0 fully saturated rings. The Labute approximate surface area is 165 Å². The smallest absolute Gasteiger partial charge is 0.337 e. The van der Waals surface area contributed by atoms with Crippen LogP contribution in [0.3, 0.4) is 0 Å². The van der Waals surface area contributed by atoms with Gasteiger partial charge in [0.1, 0.15) is 0 Å². The molecule has 0 radical (unpaired) electrons. The fourth-order valence-electron chi connectivity index (χ4n) is 3.53. The van der Waals surface area contributed by atoms with Crippen LogP contribution in [0.4, 0.5) is 23.2 Å². The van der Waals surface area contributed by atoms with Crippen LogP contribution in [0.5, 0.6) is 0 Å². The van der Waals surface area contributed by atoms with Crippen LogP contribution < -0.4 is 4.90 Å². The summed E-state index contributed by atoms with van der Waals surface area (Å²) in [7, 11) is -5.44. The zero-order chi connectivity index (χ0) is 20.7. The molecule has 1 aliphatic carbocycles. The fourth-order valence-corrected chi connectivity index (χ4v) is 4.65. The molecule has 152 valence electrons. The summed E-state index contributed by atoms with van der Waals surface area (Å²) < 4.78 is 77.1. The summed E-state index contributed by atoms with van der Waals surface area (Å²) in [6.45, 7) is 2.15. The van der Waals surface area contributed by atoms with Gasteiger partial charge in [0, 0.05) is 18.7 Å². The number of benzene rings is 1. The van der Waals surface area contributed by atoms with E-state index in [1.165, 1.54) is 12.1 Å². The molecule has 0 N–H and O–H groups in total. The topological polar surface area (TPSA) is 37.4 Å². The Bertz CT molecular complexity index is 951. The van der Waals surface area contributed by atoms with Gasteiger partial charge in [-0.3, -0.25) is 0 Å². The van der Waals surface area contributed by atoms with E-state index in [4.69, 9.17) is 11.6 Å². The van der Waals surface area contributed by atoms with Crippen molar-refractivity contribution in [2.45, 2.75) is 35.8 Å². The number of sulfone groups is 1. The molecule has 3 nitrogen and oxygen atoms in total. The fraction of sp³-hybridized carbons (Fsp3) is 0.368. The van der Waals surface area contributed by atoms with Gasteiger partial charge in [0.15, 0.2) is 5.67 Å². The molecular weight excluding hydrogens is 418 g/mol. The van der Waals surface area contributed by atoms with Crippen molar-refractivity contribution in [3.8, 4) is 0 Å². The van der Waals surface area contributed by atoms with Crippen molar-refractivity contribution in [1.29, 1.82) is 0 Å². The third-order valence-corrected chi connectivity index (χ3v) is 6.59. The number of rotatable bonds is 3. The number of halogens is 5. The minimum atomic E-state index is -5.44. The highest BCUT2D eigenvalue weighted by molar-refractivity contribution is 7.92. The monoisotopic (exact) mass is 435 g/mol. The molecule has 0 spiro atoms. The van der Waals surface area contributed by atoms with Gasteiger partial charge in [-0.2, -0.15) is 13.2 Å². The molecule has 3 rings (SSSR count). The van der Waals surface area contributed by atoms with Crippen LogP contribution in [0.25, 0.3) is 0 Å². The van der Waals surface area contributed by atoms with Gasteiger partial charge in [-0.1, -0.05) is 36.8 Å². The number of anilines is 1. The summed E-state index contributed by atoms with van der Waals surface area (Å²) in [6.07, 6.45) is 7.33. The van der Waals surface area contributed by atoms with Gasteiger partial charge >= 0.3 is 5.51 Å². The molecule has 0 amide bonds. The van der Waals surface area contributed by atoms with Crippen LogP contribution in [0.1, 0.15) is 19.8 Å². The Morgan fingerprint density at radius 1 is 1.18 bits per heavy atom. The van der Waals surface area contributed by atoms with Crippen LogP contribution >= 0.6 is 11.6 Å². The molecule has 1 heterocycles. The minimum absolute atomic E-state index is 0.00257. The molecule has 1 aromatic carbocycles. The van der Waals surface area contributed by atoms with E-state index in [2.05, 4.69) is 0 Å². The summed E-state index contributed by atoms with van der Waals surface area (Å²) in [6, 6.07) is 4.20. The predicted octanol–water partition coefficient (Wildman–Crippen LogP) is 5.50. The van der Waals surface area contributed by atoms with Gasteiger partial charge < -0.3 is 4.90 Å². The van der Waals surface area contributed by atoms with E-state index < -0.39 is 25.9 Å². The number of allylic oxidation sites excluding steroid dienone is 5. The van der Waals surface area contributed by atoms with E-state index in [9.17, 15) is 21.6 Å². The maximum atomic E-state index is 15.8. The second-order valence-electron chi connectivity index (χ2n) is 6.93. The lowest BCUT2D eigenvalue weighted by Gasteiger charge is -2.40. The molecule has 0 saturated heterocycles. The van der Waals surface area contributed by atoms with Gasteiger partial charge in [0.2, 0.25) is 0 Å². The quantitative estimate of drug-likeness (QED) is 0.464. The van der Waals surface area contributed by atoms with Gasteiger partial charge in [0.25, 0.3) is 9.84 Å². The first-order chi connectivity index (χ1) is 13.0. The first kappa shape index (κ1) is 20.9.